The van der Waals surface area contributed by atoms with Crippen LogP contribution in [0.5, 0.6) is 0 Å². The molecule has 0 aliphatic heterocycles. The Kier molecular flexibility index (Phi) is 6.04. The third-order valence-electron chi connectivity index (χ3n) is 3.60. The first kappa shape index (κ1) is 19.9. The van der Waals surface area contributed by atoms with Crippen molar-refractivity contribution >= 4 is 23.6 Å². The van der Waals surface area contributed by atoms with Gasteiger partial charge in [-0.2, -0.15) is 0 Å². The van der Waals surface area contributed by atoms with Crippen LogP contribution in [0, 0.1) is 0 Å². The van der Waals surface area contributed by atoms with Crippen molar-refractivity contribution in [2.24, 2.45) is 5.73 Å². The summed E-state index contributed by atoms with van der Waals surface area (Å²) in [6.07, 6.45) is -0.477. The number of rotatable bonds is 8. The Balaban J connectivity index is 2.30. The maximum atomic E-state index is 11.6. The molecule has 3 N–H and O–H groups in total. The topological polar surface area (TPSA) is 120 Å². The van der Waals surface area contributed by atoms with Crippen molar-refractivity contribution in [1.82, 2.24) is 14.8 Å². The van der Waals surface area contributed by atoms with Crippen LogP contribution in [0.3, 0.4) is 0 Å². The van der Waals surface area contributed by atoms with E-state index in [-0.39, 0.29) is 5.82 Å². The van der Waals surface area contributed by atoms with Gasteiger partial charge in [-0.25, -0.2) is 9.67 Å². The molecule has 26 heavy (non-hydrogen) atoms. The predicted octanol–water partition coefficient (Wildman–Crippen LogP) is 2.55. The van der Waals surface area contributed by atoms with E-state index in [1.165, 1.54) is 16.4 Å². The molecule has 0 saturated heterocycles. The highest BCUT2D eigenvalue weighted by atomic mass is 32.2. The lowest BCUT2D eigenvalue weighted by atomic mass is 10.2. The van der Waals surface area contributed by atoms with Gasteiger partial charge in [-0.15, -0.1) is 16.9 Å². The number of aliphatic carboxylic acids is 1. The lowest BCUT2D eigenvalue weighted by Crippen LogP contribution is -2.26. The zero-order valence-electron chi connectivity index (χ0n) is 15.1. The Labute approximate surface area is 155 Å². The first-order valence-corrected chi connectivity index (χ1v) is 8.88. The van der Waals surface area contributed by atoms with E-state index in [4.69, 9.17) is 10.5 Å². The number of carboxylic acids is 1. The third-order valence-corrected chi connectivity index (χ3v) is 4.80. The maximum absolute atomic E-state index is 11.6. The molecule has 0 fully saturated rings. The molecule has 9 heteroatoms. The van der Waals surface area contributed by atoms with Crippen molar-refractivity contribution in [3.8, 4) is 11.4 Å². The number of carboxylic acid groups (broad SMARTS) is 1. The van der Waals surface area contributed by atoms with Crippen molar-refractivity contribution in [3.63, 3.8) is 0 Å². The van der Waals surface area contributed by atoms with Crippen LogP contribution in [-0.2, 0) is 9.53 Å². The molecule has 1 atom stereocenters. The second-order valence-corrected chi connectivity index (χ2v) is 7.76. The molecule has 0 saturated carbocycles. The van der Waals surface area contributed by atoms with Crippen LogP contribution < -0.4 is 5.73 Å². The van der Waals surface area contributed by atoms with Crippen molar-refractivity contribution in [1.29, 1.82) is 0 Å². The van der Waals surface area contributed by atoms with E-state index < -0.39 is 22.9 Å². The molecular weight excluding hydrogens is 356 g/mol. The largest absolute Gasteiger partial charge is 0.480 e. The zero-order valence-corrected chi connectivity index (χ0v) is 15.9. The number of ether oxygens (including phenoxy) is 1. The van der Waals surface area contributed by atoms with Gasteiger partial charge in [0.05, 0.1) is 0 Å². The molecule has 140 valence electrons. The number of thioether (sulfide) groups is 1. The average Bonchev–Trinajstić information content (AvgIpc) is 3.01. The molecule has 0 aliphatic rings. The summed E-state index contributed by atoms with van der Waals surface area (Å²) in [7, 11) is 0. The molecule has 1 aromatic carbocycles. The lowest BCUT2D eigenvalue weighted by molar-refractivity contribution is -0.138. The number of hydrogen-bond acceptors (Lipinski definition) is 6. The van der Waals surface area contributed by atoms with E-state index in [0.29, 0.717) is 18.0 Å². The molecule has 0 bridgehead atoms. The average molecular weight is 378 g/mol. The van der Waals surface area contributed by atoms with Crippen molar-refractivity contribution in [2.75, 3.05) is 6.61 Å². The molecule has 2 rings (SSSR count). The Bertz CT molecular complexity index is 802. The Morgan fingerprint density at radius 3 is 2.46 bits per heavy atom. The van der Waals surface area contributed by atoms with Gasteiger partial charge in [0.2, 0.25) is 5.82 Å². The summed E-state index contributed by atoms with van der Waals surface area (Å²) in [4.78, 5) is 27.9. The Hall–Kier alpha value is -2.39. The van der Waals surface area contributed by atoms with Gasteiger partial charge in [0.25, 0.3) is 5.91 Å². The second kappa shape index (κ2) is 7.88. The summed E-state index contributed by atoms with van der Waals surface area (Å²) in [5.41, 5.74) is 6.07. The standard InChI is InChI=1S/C17H22N4O4S/c1-5-25-10(2)21-15(13(18)22)19-14(20-21)11-6-8-12(9-7-11)26-17(3,4)16(23)24/h6-10H,5H2,1-4H3,(H2,18,22)(H,23,24). The molecule has 0 aliphatic carbocycles. The molecule has 1 unspecified atom stereocenters. The minimum absolute atomic E-state index is 0.0198. The first-order valence-electron chi connectivity index (χ1n) is 8.06. The fourth-order valence-electron chi connectivity index (χ4n) is 2.19. The van der Waals surface area contributed by atoms with Gasteiger partial charge < -0.3 is 15.6 Å². The molecule has 1 aromatic heterocycles. The maximum Gasteiger partial charge on any atom is 0.319 e. The number of hydrogen-bond donors (Lipinski definition) is 2. The van der Waals surface area contributed by atoms with Gasteiger partial charge in [-0.1, -0.05) is 12.1 Å². The first-order chi connectivity index (χ1) is 12.2. The van der Waals surface area contributed by atoms with Crippen LogP contribution in [0.25, 0.3) is 11.4 Å². The van der Waals surface area contributed by atoms with Gasteiger partial charge in [0.15, 0.2) is 5.82 Å². The second-order valence-electron chi connectivity index (χ2n) is 6.06. The summed E-state index contributed by atoms with van der Waals surface area (Å²) in [6.45, 7) is 7.34. The third kappa shape index (κ3) is 4.41. The molecular formula is C17H22N4O4S. The summed E-state index contributed by atoms with van der Waals surface area (Å²) in [6, 6.07) is 7.13. The lowest BCUT2D eigenvalue weighted by Gasteiger charge is -2.18. The van der Waals surface area contributed by atoms with Crippen LogP contribution in [-0.4, -0.2) is 43.1 Å². The van der Waals surface area contributed by atoms with Gasteiger partial charge >= 0.3 is 5.97 Å². The fourth-order valence-corrected chi connectivity index (χ4v) is 3.14. The highest BCUT2D eigenvalue weighted by molar-refractivity contribution is 8.01. The van der Waals surface area contributed by atoms with Gasteiger partial charge in [0.1, 0.15) is 11.0 Å². The van der Waals surface area contributed by atoms with Crippen LogP contribution in [0.1, 0.15) is 44.5 Å². The molecule has 0 radical (unpaired) electrons. The van der Waals surface area contributed by atoms with Gasteiger partial charge in [-0.05, 0) is 39.8 Å². The Morgan fingerprint density at radius 2 is 1.96 bits per heavy atom. The number of carbonyl (C=O) groups excluding carboxylic acids is 1. The van der Waals surface area contributed by atoms with E-state index in [1.807, 2.05) is 6.92 Å². The van der Waals surface area contributed by atoms with E-state index >= 15 is 0 Å². The molecule has 8 nitrogen and oxygen atoms in total. The highest BCUT2D eigenvalue weighted by Gasteiger charge is 2.28. The van der Waals surface area contributed by atoms with Gasteiger partial charge in [0, 0.05) is 17.1 Å². The van der Waals surface area contributed by atoms with E-state index in [0.717, 1.165) is 4.90 Å². The summed E-state index contributed by atoms with van der Waals surface area (Å²) in [5, 5.41) is 13.5. The summed E-state index contributed by atoms with van der Waals surface area (Å²) < 4.78 is 5.88. The van der Waals surface area contributed by atoms with Crippen LogP contribution >= 0.6 is 11.8 Å². The molecule has 2 aromatic rings. The number of nitrogens with two attached hydrogens (primary N) is 1. The number of carbonyl (C=O) groups is 2. The number of amides is 1. The highest BCUT2D eigenvalue weighted by Crippen LogP contribution is 2.33. The number of aromatic nitrogens is 3. The van der Waals surface area contributed by atoms with Crippen molar-refractivity contribution < 1.29 is 19.4 Å². The smallest absolute Gasteiger partial charge is 0.319 e. The normalized spacial score (nSPS) is 12.8. The van der Waals surface area contributed by atoms with Crippen LogP contribution in [0.15, 0.2) is 29.2 Å². The van der Waals surface area contributed by atoms with E-state index in [9.17, 15) is 14.7 Å². The summed E-state index contributed by atoms with van der Waals surface area (Å²) >= 11 is 1.24. The predicted molar refractivity (Wildman–Crippen MR) is 97.9 cm³/mol. The monoisotopic (exact) mass is 378 g/mol. The van der Waals surface area contributed by atoms with E-state index in [2.05, 4.69) is 10.1 Å². The van der Waals surface area contributed by atoms with Crippen LogP contribution in [0.2, 0.25) is 0 Å². The van der Waals surface area contributed by atoms with Crippen LogP contribution in [0.4, 0.5) is 0 Å². The quantitative estimate of drug-likeness (QED) is 0.677. The van der Waals surface area contributed by atoms with Crippen molar-refractivity contribution in [3.05, 3.63) is 30.1 Å². The fraction of sp³-hybridized carbons (Fsp3) is 0.412. The number of primary amides is 1. The van der Waals surface area contributed by atoms with E-state index in [1.54, 1.807) is 45.0 Å². The van der Waals surface area contributed by atoms with Gasteiger partial charge in [-0.3, -0.25) is 9.59 Å². The number of benzene rings is 1. The number of nitrogens with zero attached hydrogens (tertiary/aromatic N) is 3. The summed E-state index contributed by atoms with van der Waals surface area (Å²) in [5.74, 6) is -1.21. The van der Waals surface area contributed by atoms with Crippen molar-refractivity contribution in [2.45, 2.75) is 43.6 Å². The SMILES string of the molecule is CCOC(C)n1nc(-c2ccc(SC(C)(C)C(=O)O)cc2)nc1C(N)=O. The zero-order chi connectivity index (χ0) is 19.5. The molecule has 0 spiro atoms. The molecule has 1 amide bonds. The Morgan fingerprint density at radius 1 is 1.35 bits per heavy atom. The minimum Gasteiger partial charge on any atom is -0.480 e. The minimum atomic E-state index is -0.937. The molecule has 1 heterocycles.